The van der Waals surface area contributed by atoms with Crippen LogP contribution in [0.15, 0.2) is 23.4 Å². The van der Waals surface area contributed by atoms with Crippen LogP contribution in [-0.2, 0) is 0 Å². The van der Waals surface area contributed by atoms with Crippen molar-refractivity contribution in [3.63, 3.8) is 0 Å². The number of hydrogen-bond donors (Lipinski definition) is 2. The SMILES string of the molecule is CSc1nc(N)cc(NC(C)c2ccc(Cl)s2)n1. The van der Waals surface area contributed by atoms with Crippen molar-refractivity contribution in [2.24, 2.45) is 0 Å². The van der Waals surface area contributed by atoms with E-state index in [-0.39, 0.29) is 6.04 Å². The zero-order valence-corrected chi connectivity index (χ0v) is 12.4. The van der Waals surface area contributed by atoms with Gasteiger partial charge in [0.1, 0.15) is 11.6 Å². The summed E-state index contributed by atoms with van der Waals surface area (Å²) in [5.74, 6) is 1.19. The van der Waals surface area contributed by atoms with Crippen LogP contribution in [0.2, 0.25) is 4.34 Å². The second kappa shape index (κ2) is 5.77. The molecule has 0 aliphatic heterocycles. The zero-order chi connectivity index (χ0) is 13.1. The van der Waals surface area contributed by atoms with Crippen LogP contribution in [0.5, 0.6) is 0 Å². The van der Waals surface area contributed by atoms with Gasteiger partial charge in [0.05, 0.1) is 10.4 Å². The molecule has 0 saturated carbocycles. The Morgan fingerprint density at radius 2 is 2.22 bits per heavy atom. The Kier molecular flexibility index (Phi) is 4.31. The summed E-state index contributed by atoms with van der Waals surface area (Å²) >= 11 is 8.94. The molecule has 0 spiro atoms. The normalized spacial score (nSPS) is 12.4. The molecule has 18 heavy (non-hydrogen) atoms. The minimum atomic E-state index is 0.131. The first-order chi connectivity index (χ1) is 8.58. The minimum absolute atomic E-state index is 0.131. The number of nitrogens with zero attached hydrogens (tertiary/aromatic N) is 2. The summed E-state index contributed by atoms with van der Waals surface area (Å²) in [5.41, 5.74) is 5.73. The van der Waals surface area contributed by atoms with E-state index in [1.54, 1.807) is 17.4 Å². The van der Waals surface area contributed by atoms with Crippen molar-refractivity contribution in [1.29, 1.82) is 0 Å². The Bertz CT molecular complexity index is 544. The third kappa shape index (κ3) is 3.28. The lowest BCUT2D eigenvalue weighted by Crippen LogP contribution is -2.08. The summed E-state index contributed by atoms with van der Waals surface area (Å²) in [6.45, 7) is 2.05. The van der Waals surface area contributed by atoms with E-state index in [0.29, 0.717) is 11.0 Å². The Balaban J connectivity index is 2.16. The molecule has 1 unspecified atom stereocenters. The van der Waals surface area contributed by atoms with Gasteiger partial charge in [-0.05, 0) is 25.3 Å². The van der Waals surface area contributed by atoms with E-state index in [1.807, 2.05) is 18.4 Å². The number of anilines is 2. The third-order valence-electron chi connectivity index (χ3n) is 2.29. The van der Waals surface area contributed by atoms with Crippen LogP contribution in [0.3, 0.4) is 0 Å². The molecule has 3 N–H and O–H groups in total. The Hall–Kier alpha value is -0.980. The summed E-state index contributed by atoms with van der Waals surface area (Å²) in [7, 11) is 0. The maximum absolute atomic E-state index is 5.92. The number of halogens is 1. The van der Waals surface area contributed by atoms with Crippen molar-refractivity contribution in [2.75, 3.05) is 17.3 Å². The van der Waals surface area contributed by atoms with E-state index < -0.39 is 0 Å². The van der Waals surface area contributed by atoms with Crippen LogP contribution < -0.4 is 11.1 Å². The molecule has 1 atom stereocenters. The average Bonchev–Trinajstić information content (AvgIpc) is 2.75. The largest absolute Gasteiger partial charge is 0.383 e. The molecule has 0 bridgehead atoms. The van der Waals surface area contributed by atoms with Crippen LogP contribution in [-0.4, -0.2) is 16.2 Å². The Labute approximate surface area is 119 Å². The number of nitrogen functional groups attached to an aromatic ring is 1. The summed E-state index contributed by atoms with van der Waals surface area (Å²) in [4.78, 5) is 9.62. The van der Waals surface area contributed by atoms with E-state index >= 15 is 0 Å². The fourth-order valence-electron chi connectivity index (χ4n) is 1.46. The van der Waals surface area contributed by atoms with E-state index in [2.05, 4.69) is 22.2 Å². The summed E-state index contributed by atoms with van der Waals surface area (Å²) in [6.07, 6.45) is 1.92. The fourth-order valence-corrected chi connectivity index (χ4v) is 2.91. The van der Waals surface area contributed by atoms with Gasteiger partial charge in [0, 0.05) is 10.9 Å². The lowest BCUT2D eigenvalue weighted by Gasteiger charge is -2.13. The molecule has 96 valence electrons. The lowest BCUT2D eigenvalue weighted by atomic mass is 10.3. The predicted octanol–water partition coefficient (Wildman–Crippen LogP) is 3.67. The quantitative estimate of drug-likeness (QED) is 0.666. The highest BCUT2D eigenvalue weighted by Gasteiger charge is 2.10. The molecular weight excluding hydrogens is 288 g/mol. The van der Waals surface area contributed by atoms with Gasteiger partial charge in [-0.25, -0.2) is 9.97 Å². The van der Waals surface area contributed by atoms with Crippen LogP contribution in [0.1, 0.15) is 17.8 Å². The molecule has 2 heterocycles. The van der Waals surface area contributed by atoms with Gasteiger partial charge in [-0.1, -0.05) is 23.4 Å². The molecule has 2 aromatic heterocycles. The average molecular weight is 301 g/mol. The summed E-state index contributed by atoms with van der Waals surface area (Å²) in [5, 5.41) is 3.96. The van der Waals surface area contributed by atoms with Gasteiger partial charge in [0.15, 0.2) is 5.16 Å². The van der Waals surface area contributed by atoms with Gasteiger partial charge >= 0.3 is 0 Å². The minimum Gasteiger partial charge on any atom is -0.383 e. The lowest BCUT2D eigenvalue weighted by molar-refractivity contribution is 0.874. The molecule has 0 radical (unpaired) electrons. The highest BCUT2D eigenvalue weighted by Crippen LogP contribution is 2.29. The van der Waals surface area contributed by atoms with Crippen molar-refractivity contribution in [3.05, 3.63) is 27.4 Å². The first-order valence-corrected chi connectivity index (χ1v) is 7.70. The van der Waals surface area contributed by atoms with Gasteiger partial charge in [0.25, 0.3) is 0 Å². The maximum atomic E-state index is 5.92. The topological polar surface area (TPSA) is 63.8 Å². The van der Waals surface area contributed by atoms with Crippen molar-refractivity contribution in [1.82, 2.24) is 9.97 Å². The monoisotopic (exact) mass is 300 g/mol. The smallest absolute Gasteiger partial charge is 0.191 e. The number of thioether (sulfide) groups is 1. The molecule has 7 heteroatoms. The number of rotatable bonds is 4. The van der Waals surface area contributed by atoms with Gasteiger partial charge in [0.2, 0.25) is 0 Å². The number of thiophene rings is 1. The van der Waals surface area contributed by atoms with Crippen molar-refractivity contribution in [2.45, 2.75) is 18.1 Å². The van der Waals surface area contributed by atoms with Crippen LogP contribution in [0, 0.1) is 0 Å². The number of hydrogen-bond acceptors (Lipinski definition) is 6. The molecule has 0 saturated heterocycles. The number of aromatic nitrogens is 2. The molecule has 0 aromatic carbocycles. The summed E-state index contributed by atoms with van der Waals surface area (Å²) < 4.78 is 0.783. The highest BCUT2D eigenvalue weighted by molar-refractivity contribution is 7.98. The third-order valence-corrected chi connectivity index (χ3v) is 4.25. The Morgan fingerprint density at radius 1 is 1.44 bits per heavy atom. The second-order valence-electron chi connectivity index (χ2n) is 3.67. The molecule has 2 rings (SSSR count). The zero-order valence-electron chi connectivity index (χ0n) is 9.98. The molecule has 0 aliphatic carbocycles. The van der Waals surface area contributed by atoms with Gasteiger partial charge in [-0.2, -0.15) is 0 Å². The number of nitrogens with one attached hydrogen (secondary N) is 1. The molecule has 4 nitrogen and oxygen atoms in total. The molecular formula is C11H13ClN4S2. The Morgan fingerprint density at radius 3 is 2.83 bits per heavy atom. The molecule has 2 aromatic rings. The van der Waals surface area contributed by atoms with Crippen LogP contribution >= 0.6 is 34.7 Å². The summed E-state index contributed by atoms with van der Waals surface area (Å²) in [6, 6.07) is 5.75. The molecule has 0 fully saturated rings. The predicted molar refractivity (Wildman–Crippen MR) is 79.6 cm³/mol. The van der Waals surface area contributed by atoms with Crippen molar-refractivity contribution < 1.29 is 0 Å². The highest BCUT2D eigenvalue weighted by atomic mass is 35.5. The van der Waals surface area contributed by atoms with E-state index in [4.69, 9.17) is 17.3 Å². The van der Waals surface area contributed by atoms with Gasteiger partial charge in [-0.15, -0.1) is 11.3 Å². The first-order valence-electron chi connectivity index (χ1n) is 5.29. The number of nitrogens with two attached hydrogens (primary N) is 1. The standard InChI is InChI=1S/C11H13ClN4S2/c1-6(7-3-4-8(12)18-7)14-10-5-9(13)15-11(16-10)17-2/h3-6H,1-2H3,(H3,13,14,15,16). The first kappa shape index (κ1) is 13.5. The maximum Gasteiger partial charge on any atom is 0.191 e. The van der Waals surface area contributed by atoms with Gasteiger partial charge < -0.3 is 11.1 Å². The molecule has 0 aliphatic rings. The van der Waals surface area contributed by atoms with E-state index in [1.165, 1.54) is 11.8 Å². The van der Waals surface area contributed by atoms with E-state index in [9.17, 15) is 0 Å². The van der Waals surface area contributed by atoms with E-state index in [0.717, 1.165) is 15.0 Å². The van der Waals surface area contributed by atoms with Crippen molar-refractivity contribution in [3.8, 4) is 0 Å². The van der Waals surface area contributed by atoms with Crippen LogP contribution in [0.4, 0.5) is 11.6 Å². The van der Waals surface area contributed by atoms with Crippen LogP contribution in [0.25, 0.3) is 0 Å². The fraction of sp³-hybridized carbons (Fsp3) is 0.273. The van der Waals surface area contributed by atoms with Gasteiger partial charge in [-0.3, -0.25) is 0 Å². The second-order valence-corrected chi connectivity index (χ2v) is 6.19. The van der Waals surface area contributed by atoms with Crippen molar-refractivity contribution >= 4 is 46.3 Å². The molecule has 0 amide bonds.